The number of halogens is 6. The molecule has 0 saturated heterocycles. The molecule has 0 N–H and O–H groups in total. The van der Waals surface area contributed by atoms with E-state index in [4.69, 9.17) is 11.6 Å². The molecular formula is C10H10ClF5O2. The average Bonchev–Trinajstić information content (AvgIpc) is 2.33. The molecule has 0 aromatic rings. The molecule has 104 valence electrons. The number of rotatable bonds is 4. The molecule has 0 amide bonds. The molecule has 2 nitrogen and oxygen atoms in total. The third-order valence-electron chi connectivity index (χ3n) is 2.21. The maximum atomic E-state index is 13.7. The molecule has 0 unspecified atom stereocenters. The van der Waals surface area contributed by atoms with E-state index in [0.717, 1.165) is 0 Å². The molecule has 0 radical (unpaired) electrons. The van der Waals surface area contributed by atoms with Crippen molar-refractivity contribution >= 4 is 11.6 Å². The first-order valence-corrected chi connectivity index (χ1v) is 5.41. The van der Waals surface area contributed by atoms with Crippen LogP contribution in [0.4, 0.5) is 22.0 Å². The van der Waals surface area contributed by atoms with Crippen molar-refractivity contribution in [3.8, 4) is 0 Å². The fourth-order valence-corrected chi connectivity index (χ4v) is 1.62. The van der Waals surface area contributed by atoms with Crippen LogP contribution in [0.25, 0.3) is 0 Å². The van der Waals surface area contributed by atoms with Crippen molar-refractivity contribution in [1.82, 2.24) is 0 Å². The molecule has 8 heteroatoms. The van der Waals surface area contributed by atoms with E-state index in [1.165, 1.54) is 13.8 Å². The minimum atomic E-state index is -4.02. The molecule has 0 spiro atoms. The molecule has 0 aromatic heterocycles. The smallest absolute Gasteiger partial charge is 0.291 e. The molecule has 18 heavy (non-hydrogen) atoms. The van der Waals surface area contributed by atoms with Gasteiger partial charge in [-0.05, 0) is 13.8 Å². The lowest BCUT2D eigenvalue weighted by molar-refractivity contribution is -0.208. The predicted octanol–water partition coefficient (Wildman–Crippen LogP) is 3.98. The lowest BCUT2D eigenvalue weighted by atomic mass is 10.0. The maximum absolute atomic E-state index is 13.7. The summed E-state index contributed by atoms with van der Waals surface area (Å²) in [6, 6.07) is 0. The van der Waals surface area contributed by atoms with Gasteiger partial charge < -0.3 is 9.47 Å². The van der Waals surface area contributed by atoms with Gasteiger partial charge in [-0.15, -0.1) is 0 Å². The molecule has 0 atom stereocenters. The van der Waals surface area contributed by atoms with Crippen molar-refractivity contribution < 1.29 is 31.4 Å². The second-order valence-corrected chi connectivity index (χ2v) is 3.83. The van der Waals surface area contributed by atoms with Crippen molar-refractivity contribution in [3.05, 3.63) is 23.3 Å². The minimum Gasteiger partial charge on any atom is -0.339 e. The van der Waals surface area contributed by atoms with Crippen LogP contribution in [-0.2, 0) is 9.47 Å². The zero-order valence-electron chi connectivity index (χ0n) is 9.50. The van der Waals surface area contributed by atoms with Gasteiger partial charge in [0.2, 0.25) is 11.7 Å². The van der Waals surface area contributed by atoms with Crippen LogP contribution in [0.2, 0.25) is 0 Å². The molecule has 0 saturated carbocycles. The second-order valence-electron chi connectivity index (χ2n) is 3.31. The quantitative estimate of drug-likeness (QED) is 0.443. The zero-order chi connectivity index (χ0) is 14.1. The molecule has 1 rings (SSSR count). The number of allylic oxidation sites excluding steroid dienone is 2. The Morgan fingerprint density at radius 2 is 1.22 bits per heavy atom. The molecule has 0 fully saturated rings. The van der Waals surface area contributed by atoms with Gasteiger partial charge in [-0.25, -0.2) is 22.0 Å². The largest absolute Gasteiger partial charge is 0.339 e. The van der Waals surface area contributed by atoms with Crippen molar-refractivity contribution in [2.75, 3.05) is 13.2 Å². The van der Waals surface area contributed by atoms with Crippen LogP contribution in [-0.4, -0.2) is 24.1 Å². The van der Waals surface area contributed by atoms with Crippen molar-refractivity contribution in [2.45, 2.75) is 24.8 Å². The van der Waals surface area contributed by atoms with Crippen molar-refractivity contribution in [1.29, 1.82) is 0 Å². The maximum Gasteiger partial charge on any atom is 0.291 e. The number of hydrogen-bond acceptors (Lipinski definition) is 2. The summed E-state index contributed by atoms with van der Waals surface area (Å²) in [5, 5.41) is -4.02. The predicted molar refractivity (Wildman–Crippen MR) is 54.2 cm³/mol. The molecular weight excluding hydrogens is 283 g/mol. The first-order chi connectivity index (χ1) is 8.25. The summed E-state index contributed by atoms with van der Waals surface area (Å²) in [4.78, 5) is 0. The van der Waals surface area contributed by atoms with E-state index in [1.54, 1.807) is 0 Å². The van der Waals surface area contributed by atoms with Gasteiger partial charge >= 0.3 is 0 Å². The summed E-state index contributed by atoms with van der Waals surface area (Å²) in [5.41, 5.74) is 0. The Balaban J connectivity index is 3.46. The van der Waals surface area contributed by atoms with Gasteiger partial charge in [-0.2, -0.15) is 0 Å². The summed E-state index contributed by atoms with van der Waals surface area (Å²) in [6.07, 6.45) is 0. The molecule has 0 heterocycles. The van der Waals surface area contributed by atoms with Crippen LogP contribution in [0, 0.1) is 0 Å². The lowest BCUT2D eigenvalue weighted by Gasteiger charge is -2.35. The average molecular weight is 293 g/mol. The van der Waals surface area contributed by atoms with Gasteiger partial charge in [-0.3, -0.25) is 0 Å². The highest BCUT2D eigenvalue weighted by atomic mass is 35.5. The van der Waals surface area contributed by atoms with E-state index in [1.807, 2.05) is 0 Å². The normalized spacial score (nSPS) is 22.7. The van der Waals surface area contributed by atoms with Crippen LogP contribution in [0.1, 0.15) is 13.8 Å². The standard InChI is InChI=1S/C10H10ClF5O2/c1-3-17-10(18-4-2)7(14)5(12)9(11,16)6(13)8(10)15/h3-4H2,1-2H3. The van der Waals surface area contributed by atoms with Crippen LogP contribution >= 0.6 is 11.6 Å². The topological polar surface area (TPSA) is 18.5 Å². The Kier molecular flexibility index (Phi) is 4.40. The first kappa shape index (κ1) is 15.4. The lowest BCUT2D eigenvalue weighted by Crippen LogP contribution is -2.44. The molecule has 0 bridgehead atoms. The molecule has 1 aliphatic rings. The fraction of sp³-hybridized carbons (Fsp3) is 0.600. The highest BCUT2D eigenvalue weighted by molar-refractivity contribution is 6.26. The third-order valence-corrected chi connectivity index (χ3v) is 2.54. The van der Waals surface area contributed by atoms with E-state index < -0.39 is 34.2 Å². The van der Waals surface area contributed by atoms with Crippen molar-refractivity contribution in [2.24, 2.45) is 0 Å². The fourth-order valence-electron chi connectivity index (χ4n) is 1.46. The number of ether oxygens (including phenoxy) is 2. The summed E-state index contributed by atoms with van der Waals surface area (Å²) in [7, 11) is 0. The Morgan fingerprint density at radius 1 is 0.889 bits per heavy atom. The van der Waals surface area contributed by atoms with E-state index in [2.05, 4.69) is 9.47 Å². The monoisotopic (exact) mass is 292 g/mol. The Labute approximate surface area is 105 Å². The van der Waals surface area contributed by atoms with Crippen LogP contribution < -0.4 is 0 Å². The van der Waals surface area contributed by atoms with Gasteiger partial charge in [0.05, 0.1) is 0 Å². The third kappa shape index (κ3) is 2.04. The van der Waals surface area contributed by atoms with E-state index in [0.29, 0.717) is 0 Å². The van der Waals surface area contributed by atoms with Crippen LogP contribution in [0.5, 0.6) is 0 Å². The number of hydrogen-bond donors (Lipinski definition) is 0. The van der Waals surface area contributed by atoms with Crippen LogP contribution in [0.15, 0.2) is 23.3 Å². The highest BCUT2D eigenvalue weighted by Crippen LogP contribution is 2.51. The Bertz CT molecular complexity index is 369. The van der Waals surface area contributed by atoms with Gasteiger partial charge in [-0.1, -0.05) is 11.6 Å². The van der Waals surface area contributed by atoms with E-state index >= 15 is 0 Å². The number of alkyl halides is 2. The SMILES string of the molecule is CCOC1(OCC)C(F)=C(F)C(F)(Cl)C(F)=C1F. The van der Waals surface area contributed by atoms with Crippen molar-refractivity contribution in [3.63, 3.8) is 0 Å². The van der Waals surface area contributed by atoms with Gasteiger partial charge in [0.25, 0.3) is 10.9 Å². The molecule has 0 aromatic carbocycles. The van der Waals surface area contributed by atoms with Gasteiger partial charge in [0.15, 0.2) is 11.7 Å². The van der Waals surface area contributed by atoms with Gasteiger partial charge in [0, 0.05) is 13.2 Å². The van der Waals surface area contributed by atoms with Crippen LogP contribution in [0.3, 0.4) is 0 Å². The zero-order valence-corrected chi connectivity index (χ0v) is 10.3. The Hall–Kier alpha value is -0.660. The summed E-state index contributed by atoms with van der Waals surface area (Å²) >= 11 is 4.77. The Morgan fingerprint density at radius 3 is 1.50 bits per heavy atom. The summed E-state index contributed by atoms with van der Waals surface area (Å²) in [5.74, 6) is -11.9. The second kappa shape index (κ2) is 5.14. The van der Waals surface area contributed by atoms with Gasteiger partial charge in [0.1, 0.15) is 0 Å². The first-order valence-electron chi connectivity index (χ1n) is 5.03. The molecule has 0 aliphatic heterocycles. The molecule has 1 aliphatic carbocycles. The summed E-state index contributed by atoms with van der Waals surface area (Å²) < 4.78 is 76.4. The summed E-state index contributed by atoms with van der Waals surface area (Å²) in [6.45, 7) is 1.97. The van der Waals surface area contributed by atoms with E-state index in [-0.39, 0.29) is 13.2 Å². The van der Waals surface area contributed by atoms with E-state index in [9.17, 15) is 22.0 Å². The highest BCUT2D eigenvalue weighted by Gasteiger charge is 2.59. The minimum absolute atomic E-state index is 0.330.